The van der Waals surface area contributed by atoms with Crippen LogP contribution in [0.2, 0.25) is 20.1 Å². The van der Waals surface area contributed by atoms with Gasteiger partial charge in [-0.3, -0.25) is 0 Å². The van der Waals surface area contributed by atoms with Crippen molar-refractivity contribution in [3.63, 3.8) is 0 Å². The molecule has 0 saturated carbocycles. The Balaban J connectivity index is 3.11. The summed E-state index contributed by atoms with van der Waals surface area (Å²) in [5.41, 5.74) is 5.28. The van der Waals surface area contributed by atoms with E-state index in [2.05, 4.69) is 0 Å². The van der Waals surface area contributed by atoms with E-state index in [1.165, 1.54) is 6.07 Å². The third-order valence-corrected chi connectivity index (χ3v) is 2.98. The van der Waals surface area contributed by atoms with E-state index in [1.54, 1.807) is 0 Å². The van der Waals surface area contributed by atoms with Crippen LogP contribution in [0.25, 0.3) is 0 Å². The summed E-state index contributed by atoms with van der Waals surface area (Å²) in [5.74, 6) is 0.274. The Hall–Kier alpha value is 0.140. The second kappa shape index (κ2) is 5.29. The molecule has 2 N–H and O–H groups in total. The van der Waals surface area contributed by atoms with E-state index in [4.69, 9.17) is 56.9 Å². The van der Waals surface area contributed by atoms with Gasteiger partial charge in [-0.05, 0) is 6.07 Å². The molecule has 2 nitrogen and oxygen atoms in total. The molecule has 14 heavy (non-hydrogen) atoms. The van der Waals surface area contributed by atoms with Gasteiger partial charge in [0.25, 0.3) is 0 Å². The van der Waals surface area contributed by atoms with E-state index >= 15 is 0 Å². The van der Waals surface area contributed by atoms with Crippen LogP contribution in [0.4, 0.5) is 0 Å². The summed E-state index contributed by atoms with van der Waals surface area (Å²) in [6, 6.07) is 1.46. The predicted octanol–water partition coefficient (Wildman–Crippen LogP) is 3.64. The molecule has 0 amide bonds. The van der Waals surface area contributed by atoms with Crippen molar-refractivity contribution in [1.29, 1.82) is 0 Å². The van der Waals surface area contributed by atoms with E-state index in [0.29, 0.717) is 23.2 Å². The molecule has 78 valence electrons. The Bertz CT molecular complexity index is 316. The number of ether oxygens (including phenoxy) is 1. The molecule has 0 aliphatic carbocycles. The molecule has 0 fully saturated rings. The second-order valence-electron chi connectivity index (χ2n) is 2.43. The summed E-state index contributed by atoms with van der Waals surface area (Å²) in [6.07, 6.45) is 0. The second-order valence-corrected chi connectivity index (χ2v) is 4.00. The van der Waals surface area contributed by atoms with Crippen LogP contribution in [-0.2, 0) is 0 Å². The van der Waals surface area contributed by atoms with Gasteiger partial charge in [0.05, 0.1) is 10.0 Å². The molecule has 6 heteroatoms. The first kappa shape index (κ1) is 12.2. The highest BCUT2D eigenvalue weighted by Crippen LogP contribution is 2.42. The summed E-state index contributed by atoms with van der Waals surface area (Å²) in [4.78, 5) is 0. The average molecular weight is 275 g/mol. The fourth-order valence-electron chi connectivity index (χ4n) is 0.839. The molecule has 0 saturated heterocycles. The molecule has 0 atom stereocenters. The lowest BCUT2D eigenvalue weighted by Gasteiger charge is -2.10. The van der Waals surface area contributed by atoms with E-state index in [0.717, 1.165) is 0 Å². The van der Waals surface area contributed by atoms with Crippen molar-refractivity contribution in [2.45, 2.75) is 0 Å². The number of rotatable bonds is 3. The first-order chi connectivity index (χ1) is 6.57. The van der Waals surface area contributed by atoms with Crippen LogP contribution in [0.15, 0.2) is 6.07 Å². The Morgan fingerprint density at radius 2 is 1.57 bits per heavy atom. The van der Waals surface area contributed by atoms with Crippen LogP contribution in [0.1, 0.15) is 0 Å². The fourth-order valence-corrected chi connectivity index (χ4v) is 1.74. The van der Waals surface area contributed by atoms with E-state index in [1.807, 2.05) is 0 Å². The third-order valence-electron chi connectivity index (χ3n) is 1.44. The normalized spacial score (nSPS) is 10.4. The Morgan fingerprint density at radius 3 is 2.00 bits per heavy atom. The Morgan fingerprint density at radius 1 is 1.07 bits per heavy atom. The summed E-state index contributed by atoms with van der Waals surface area (Å²) < 4.78 is 5.22. The van der Waals surface area contributed by atoms with Crippen LogP contribution in [0.5, 0.6) is 5.75 Å². The predicted molar refractivity (Wildman–Crippen MR) is 61.0 cm³/mol. The van der Waals surface area contributed by atoms with Crippen LogP contribution in [-0.4, -0.2) is 13.2 Å². The zero-order valence-corrected chi connectivity index (χ0v) is 10.0. The van der Waals surface area contributed by atoms with Gasteiger partial charge in [-0.2, -0.15) is 0 Å². The zero-order chi connectivity index (χ0) is 10.7. The van der Waals surface area contributed by atoms with E-state index in [-0.39, 0.29) is 15.8 Å². The topological polar surface area (TPSA) is 35.2 Å². The molecule has 0 unspecified atom stereocenters. The maximum Gasteiger partial charge on any atom is 0.159 e. The number of halogens is 4. The van der Waals surface area contributed by atoms with Crippen molar-refractivity contribution < 1.29 is 4.74 Å². The lowest BCUT2D eigenvalue weighted by atomic mass is 10.3. The molecule has 1 aromatic carbocycles. The van der Waals surface area contributed by atoms with E-state index < -0.39 is 0 Å². The Kier molecular flexibility index (Phi) is 4.61. The molecule has 1 rings (SSSR count). The van der Waals surface area contributed by atoms with Gasteiger partial charge in [0.2, 0.25) is 0 Å². The number of hydrogen-bond acceptors (Lipinski definition) is 2. The quantitative estimate of drug-likeness (QED) is 0.855. The smallest absolute Gasteiger partial charge is 0.159 e. The molecule has 0 spiro atoms. The van der Waals surface area contributed by atoms with Gasteiger partial charge in [0, 0.05) is 6.54 Å². The summed E-state index contributed by atoms with van der Waals surface area (Å²) >= 11 is 23.3. The average Bonchev–Trinajstić information content (AvgIpc) is 2.15. The van der Waals surface area contributed by atoms with E-state index in [9.17, 15) is 0 Å². The molecule has 1 aromatic rings. The summed E-state index contributed by atoms with van der Waals surface area (Å²) in [7, 11) is 0. The number of hydrogen-bond donors (Lipinski definition) is 1. The molecule has 0 bridgehead atoms. The highest BCUT2D eigenvalue weighted by molar-refractivity contribution is 6.48. The van der Waals surface area contributed by atoms with Crippen molar-refractivity contribution in [3.05, 3.63) is 26.2 Å². The van der Waals surface area contributed by atoms with Crippen LogP contribution in [0.3, 0.4) is 0 Å². The van der Waals surface area contributed by atoms with Gasteiger partial charge in [-0.1, -0.05) is 46.4 Å². The van der Waals surface area contributed by atoms with Crippen molar-refractivity contribution in [2.75, 3.05) is 13.2 Å². The largest absolute Gasteiger partial charge is 0.489 e. The van der Waals surface area contributed by atoms with Crippen molar-refractivity contribution >= 4 is 46.4 Å². The van der Waals surface area contributed by atoms with Crippen molar-refractivity contribution in [3.8, 4) is 5.75 Å². The minimum absolute atomic E-state index is 0.245. The van der Waals surface area contributed by atoms with Crippen molar-refractivity contribution in [1.82, 2.24) is 0 Å². The van der Waals surface area contributed by atoms with Gasteiger partial charge in [0.1, 0.15) is 16.7 Å². The molecule has 0 aromatic heterocycles. The minimum Gasteiger partial charge on any atom is -0.489 e. The number of benzene rings is 1. The molecule has 0 heterocycles. The highest BCUT2D eigenvalue weighted by Gasteiger charge is 2.14. The Labute approximate surface area is 102 Å². The summed E-state index contributed by atoms with van der Waals surface area (Å²) in [5, 5.41) is 1.09. The zero-order valence-electron chi connectivity index (χ0n) is 6.99. The summed E-state index contributed by atoms with van der Waals surface area (Å²) in [6.45, 7) is 0.660. The maximum absolute atomic E-state index is 5.87. The molecular weight excluding hydrogens is 268 g/mol. The highest BCUT2D eigenvalue weighted by atomic mass is 35.5. The van der Waals surface area contributed by atoms with Crippen LogP contribution in [0, 0.1) is 0 Å². The first-order valence-electron chi connectivity index (χ1n) is 3.73. The first-order valence-corrected chi connectivity index (χ1v) is 5.25. The standard InChI is InChI=1S/C8H7Cl4NO/c9-4-3-5(10)7(12)8(6(4)11)14-2-1-13/h3H,1-2,13H2. The fraction of sp³-hybridized carbons (Fsp3) is 0.250. The molecule has 0 radical (unpaired) electrons. The van der Waals surface area contributed by atoms with Crippen molar-refractivity contribution in [2.24, 2.45) is 5.73 Å². The van der Waals surface area contributed by atoms with Crippen LogP contribution < -0.4 is 10.5 Å². The van der Waals surface area contributed by atoms with Gasteiger partial charge < -0.3 is 10.5 Å². The maximum atomic E-state index is 5.87. The number of nitrogens with two attached hydrogens (primary N) is 1. The van der Waals surface area contributed by atoms with Gasteiger partial charge >= 0.3 is 0 Å². The van der Waals surface area contributed by atoms with Crippen LogP contribution >= 0.6 is 46.4 Å². The molecule has 0 aliphatic rings. The molecular formula is C8H7Cl4NO. The van der Waals surface area contributed by atoms with Gasteiger partial charge in [-0.25, -0.2) is 0 Å². The van der Waals surface area contributed by atoms with Gasteiger partial charge in [0.15, 0.2) is 5.75 Å². The lowest BCUT2D eigenvalue weighted by Crippen LogP contribution is -2.11. The minimum atomic E-state index is 0.245. The third kappa shape index (κ3) is 2.59. The lowest BCUT2D eigenvalue weighted by molar-refractivity contribution is 0.329. The monoisotopic (exact) mass is 273 g/mol. The van der Waals surface area contributed by atoms with Gasteiger partial charge in [-0.15, -0.1) is 0 Å². The SMILES string of the molecule is NCCOc1c(Cl)c(Cl)cc(Cl)c1Cl. The molecule has 0 aliphatic heterocycles.